The summed E-state index contributed by atoms with van der Waals surface area (Å²) in [5, 5.41) is 5.21. The third-order valence-corrected chi connectivity index (χ3v) is 3.21. The van der Waals surface area contributed by atoms with E-state index >= 15 is 0 Å². The summed E-state index contributed by atoms with van der Waals surface area (Å²) in [4.78, 5) is 11.9. The fourth-order valence-electron chi connectivity index (χ4n) is 2.18. The van der Waals surface area contributed by atoms with Crippen LogP contribution in [0, 0.1) is 0 Å². The molecule has 0 radical (unpaired) electrons. The minimum absolute atomic E-state index is 0.00307. The highest BCUT2D eigenvalue weighted by molar-refractivity contribution is 5.94. The van der Waals surface area contributed by atoms with Gasteiger partial charge in [-0.15, -0.1) is 0 Å². The van der Waals surface area contributed by atoms with Crippen LogP contribution in [0.4, 0.5) is 5.69 Å². The van der Waals surface area contributed by atoms with Gasteiger partial charge in [-0.3, -0.25) is 4.79 Å². The lowest BCUT2D eigenvalue weighted by Gasteiger charge is -2.06. The Morgan fingerprint density at radius 2 is 1.85 bits per heavy atom. The molecule has 0 saturated heterocycles. The number of nitrogens with one attached hydrogen (secondary N) is 1. The average Bonchev–Trinajstić information content (AvgIpc) is 2.98. The summed E-state index contributed by atoms with van der Waals surface area (Å²) in [6, 6.07) is 17.7. The highest BCUT2D eigenvalue weighted by Gasteiger charge is 2.05. The van der Waals surface area contributed by atoms with E-state index in [1.54, 1.807) is 6.26 Å². The SMILES string of the molecule is O=C(CCc1ccco1)Nc1ccc2ccccc2c1. The van der Waals surface area contributed by atoms with Crippen molar-refractivity contribution in [2.45, 2.75) is 12.8 Å². The number of benzene rings is 2. The van der Waals surface area contributed by atoms with Crippen molar-refractivity contribution in [2.24, 2.45) is 0 Å². The molecule has 20 heavy (non-hydrogen) atoms. The molecule has 2 aromatic carbocycles. The van der Waals surface area contributed by atoms with E-state index in [0.29, 0.717) is 12.8 Å². The van der Waals surface area contributed by atoms with Gasteiger partial charge in [0.2, 0.25) is 5.91 Å². The average molecular weight is 265 g/mol. The van der Waals surface area contributed by atoms with Crippen molar-refractivity contribution < 1.29 is 9.21 Å². The number of hydrogen-bond donors (Lipinski definition) is 1. The van der Waals surface area contributed by atoms with Gasteiger partial charge in [-0.05, 0) is 35.0 Å². The molecule has 3 nitrogen and oxygen atoms in total. The van der Waals surface area contributed by atoms with Gasteiger partial charge in [0, 0.05) is 18.5 Å². The molecule has 0 aliphatic carbocycles. The lowest BCUT2D eigenvalue weighted by molar-refractivity contribution is -0.116. The molecule has 1 amide bonds. The van der Waals surface area contributed by atoms with Crippen molar-refractivity contribution in [1.82, 2.24) is 0 Å². The van der Waals surface area contributed by atoms with Crippen LogP contribution in [-0.4, -0.2) is 5.91 Å². The molecule has 3 heteroatoms. The Morgan fingerprint density at radius 3 is 2.65 bits per heavy atom. The van der Waals surface area contributed by atoms with Crippen molar-refractivity contribution in [1.29, 1.82) is 0 Å². The number of rotatable bonds is 4. The van der Waals surface area contributed by atoms with Crippen molar-refractivity contribution in [3.8, 4) is 0 Å². The van der Waals surface area contributed by atoms with Crippen LogP contribution >= 0.6 is 0 Å². The second-order valence-electron chi connectivity index (χ2n) is 4.69. The zero-order valence-electron chi connectivity index (χ0n) is 11.0. The lowest BCUT2D eigenvalue weighted by Crippen LogP contribution is -2.12. The van der Waals surface area contributed by atoms with Crippen LogP contribution in [0.1, 0.15) is 12.2 Å². The van der Waals surface area contributed by atoms with E-state index in [9.17, 15) is 4.79 Å². The summed E-state index contributed by atoms with van der Waals surface area (Å²) in [6.45, 7) is 0. The van der Waals surface area contributed by atoms with Crippen LogP contribution in [0.5, 0.6) is 0 Å². The van der Waals surface area contributed by atoms with Gasteiger partial charge in [0.05, 0.1) is 6.26 Å². The van der Waals surface area contributed by atoms with Crippen LogP contribution in [-0.2, 0) is 11.2 Å². The summed E-state index contributed by atoms with van der Waals surface area (Å²) in [5.41, 5.74) is 0.827. The van der Waals surface area contributed by atoms with Crippen LogP contribution in [0.25, 0.3) is 10.8 Å². The van der Waals surface area contributed by atoms with E-state index in [4.69, 9.17) is 4.42 Å². The smallest absolute Gasteiger partial charge is 0.224 e. The Morgan fingerprint density at radius 1 is 1.00 bits per heavy atom. The number of fused-ring (bicyclic) bond motifs is 1. The highest BCUT2D eigenvalue weighted by atomic mass is 16.3. The Kier molecular flexibility index (Phi) is 3.50. The molecule has 0 aliphatic rings. The first kappa shape index (κ1) is 12.5. The number of carbonyl (C=O) groups is 1. The van der Waals surface area contributed by atoms with Crippen LogP contribution in [0.2, 0.25) is 0 Å². The highest BCUT2D eigenvalue weighted by Crippen LogP contribution is 2.19. The van der Waals surface area contributed by atoms with Gasteiger partial charge in [0.15, 0.2) is 0 Å². The van der Waals surface area contributed by atoms with Crippen LogP contribution in [0.15, 0.2) is 65.3 Å². The largest absolute Gasteiger partial charge is 0.469 e. The fraction of sp³-hybridized carbons (Fsp3) is 0.118. The fourth-order valence-corrected chi connectivity index (χ4v) is 2.18. The first-order valence-electron chi connectivity index (χ1n) is 6.62. The van der Waals surface area contributed by atoms with E-state index in [1.165, 1.54) is 5.39 Å². The molecule has 3 rings (SSSR count). The summed E-state index contributed by atoms with van der Waals surface area (Å²) < 4.78 is 5.21. The van der Waals surface area contributed by atoms with Gasteiger partial charge < -0.3 is 9.73 Å². The van der Waals surface area contributed by atoms with Gasteiger partial charge in [-0.25, -0.2) is 0 Å². The van der Waals surface area contributed by atoms with Crippen molar-refractivity contribution in [3.63, 3.8) is 0 Å². The Labute approximate surface area is 117 Å². The number of amides is 1. The van der Waals surface area contributed by atoms with Gasteiger partial charge in [0.1, 0.15) is 5.76 Å². The van der Waals surface area contributed by atoms with Gasteiger partial charge in [-0.1, -0.05) is 30.3 Å². The molecule has 100 valence electrons. The first-order valence-corrected chi connectivity index (χ1v) is 6.62. The lowest BCUT2D eigenvalue weighted by atomic mass is 10.1. The van der Waals surface area contributed by atoms with E-state index in [0.717, 1.165) is 16.8 Å². The van der Waals surface area contributed by atoms with E-state index in [1.807, 2.05) is 48.5 Å². The molecule has 0 unspecified atom stereocenters. The molecular weight excluding hydrogens is 250 g/mol. The summed E-state index contributed by atoms with van der Waals surface area (Å²) in [5.74, 6) is 0.829. The maximum Gasteiger partial charge on any atom is 0.224 e. The van der Waals surface area contributed by atoms with Crippen molar-refractivity contribution in [3.05, 3.63) is 66.6 Å². The number of aryl methyl sites for hydroxylation is 1. The predicted octanol–water partition coefficient (Wildman–Crippen LogP) is 4.00. The molecule has 0 fully saturated rings. The Balaban J connectivity index is 1.65. The molecule has 0 bridgehead atoms. The molecule has 0 aliphatic heterocycles. The number of furan rings is 1. The third kappa shape index (κ3) is 2.88. The minimum atomic E-state index is -0.00307. The third-order valence-electron chi connectivity index (χ3n) is 3.21. The monoisotopic (exact) mass is 265 g/mol. The van der Waals surface area contributed by atoms with E-state index < -0.39 is 0 Å². The molecule has 1 aromatic heterocycles. The standard InChI is InChI=1S/C17H15NO2/c19-17(10-9-16-6-3-11-20-16)18-15-8-7-13-4-1-2-5-14(13)12-15/h1-8,11-12H,9-10H2,(H,18,19). The van der Waals surface area contributed by atoms with Crippen molar-refractivity contribution >= 4 is 22.4 Å². The maximum atomic E-state index is 11.9. The second-order valence-corrected chi connectivity index (χ2v) is 4.69. The molecule has 0 spiro atoms. The van der Waals surface area contributed by atoms with Gasteiger partial charge in [-0.2, -0.15) is 0 Å². The summed E-state index contributed by atoms with van der Waals surface area (Å²) in [7, 11) is 0. The molecule has 0 atom stereocenters. The first-order chi connectivity index (χ1) is 9.81. The van der Waals surface area contributed by atoms with E-state index in [-0.39, 0.29) is 5.91 Å². The minimum Gasteiger partial charge on any atom is -0.469 e. The normalized spacial score (nSPS) is 10.6. The molecule has 1 N–H and O–H groups in total. The van der Waals surface area contributed by atoms with Crippen molar-refractivity contribution in [2.75, 3.05) is 5.32 Å². The second kappa shape index (κ2) is 5.61. The Hall–Kier alpha value is -2.55. The number of anilines is 1. The molecule has 3 aromatic rings. The van der Waals surface area contributed by atoms with E-state index in [2.05, 4.69) is 11.4 Å². The molecular formula is C17H15NO2. The van der Waals surface area contributed by atoms with Gasteiger partial charge >= 0.3 is 0 Å². The van der Waals surface area contributed by atoms with Crippen LogP contribution in [0.3, 0.4) is 0 Å². The number of carbonyl (C=O) groups excluding carboxylic acids is 1. The predicted molar refractivity (Wildman–Crippen MR) is 79.6 cm³/mol. The zero-order valence-corrected chi connectivity index (χ0v) is 11.0. The quantitative estimate of drug-likeness (QED) is 0.774. The molecule has 1 heterocycles. The summed E-state index contributed by atoms with van der Waals surface area (Å²) in [6.07, 6.45) is 2.66. The maximum absolute atomic E-state index is 11.9. The Bertz CT molecular complexity index is 717. The van der Waals surface area contributed by atoms with Crippen LogP contribution < -0.4 is 5.32 Å². The van der Waals surface area contributed by atoms with Gasteiger partial charge in [0.25, 0.3) is 0 Å². The summed E-state index contributed by atoms with van der Waals surface area (Å²) >= 11 is 0. The molecule has 0 saturated carbocycles. The topological polar surface area (TPSA) is 42.2 Å². The zero-order chi connectivity index (χ0) is 13.8. The number of hydrogen-bond acceptors (Lipinski definition) is 2.